The Morgan fingerprint density at radius 2 is 1.71 bits per heavy atom. The van der Waals surface area contributed by atoms with E-state index in [9.17, 15) is 9.18 Å². The van der Waals surface area contributed by atoms with Crippen molar-refractivity contribution < 1.29 is 9.18 Å². The Morgan fingerprint density at radius 1 is 1.04 bits per heavy atom. The highest BCUT2D eigenvalue weighted by Gasteiger charge is 2.23. The first-order valence-corrected chi connectivity index (χ1v) is 9.73. The van der Waals surface area contributed by atoms with Crippen molar-refractivity contribution in [1.82, 2.24) is 9.80 Å². The number of likely N-dealkylation sites (tertiary alicyclic amines) is 1. The van der Waals surface area contributed by atoms with Gasteiger partial charge in [0, 0.05) is 39.3 Å². The van der Waals surface area contributed by atoms with E-state index < -0.39 is 0 Å². The highest BCUT2D eigenvalue weighted by molar-refractivity contribution is 8.23. The molecule has 0 aliphatic carbocycles. The smallest absolute Gasteiger partial charge is 0.233 e. The van der Waals surface area contributed by atoms with E-state index in [1.165, 1.54) is 30.7 Å². The number of para-hydroxylation sites is 1. The molecular formula is C17H22FN3OS2. The lowest BCUT2D eigenvalue weighted by Crippen LogP contribution is -2.49. The van der Waals surface area contributed by atoms with Crippen molar-refractivity contribution in [2.75, 3.05) is 49.9 Å². The van der Waals surface area contributed by atoms with E-state index in [-0.39, 0.29) is 11.7 Å². The van der Waals surface area contributed by atoms with Crippen LogP contribution in [0.1, 0.15) is 12.8 Å². The number of carbonyl (C=O) groups excluding carboxylic acids is 1. The lowest BCUT2D eigenvalue weighted by atomic mass is 10.2. The molecule has 2 aliphatic heterocycles. The van der Waals surface area contributed by atoms with Crippen molar-refractivity contribution in [3.63, 3.8) is 0 Å². The fourth-order valence-electron chi connectivity index (χ4n) is 3.11. The highest BCUT2D eigenvalue weighted by Crippen LogP contribution is 2.21. The molecule has 0 bridgehead atoms. The number of hydrogen-bond acceptors (Lipinski definition) is 4. The lowest BCUT2D eigenvalue weighted by molar-refractivity contribution is -0.128. The van der Waals surface area contributed by atoms with Crippen LogP contribution in [0.25, 0.3) is 0 Å². The minimum atomic E-state index is -0.205. The molecule has 0 unspecified atom stereocenters. The first kappa shape index (κ1) is 17.5. The van der Waals surface area contributed by atoms with Crippen molar-refractivity contribution in [1.29, 1.82) is 0 Å². The third kappa shape index (κ3) is 4.19. The number of rotatable bonds is 3. The number of nitrogens with zero attached hydrogens (tertiary/aromatic N) is 3. The van der Waals surface area contributed by atoms with Gasteiger partial charge < -0.3 is 14.7 Å². The van der Waals surface area contributed by atoms with Crippen molar-refractivity contribution in [3.05, 3.63) is 30.1 Å². The maximum Gasteiger partial charge on any atom is 0.233 e. The van der Waals surface area contributed by atoms with Gasteiger partial charge in [0.05, 0.1) is 11.4 Å². The second kappa shape index (κ2) is 8.16. The van der Waals surface area contributed by atoms with Gasteiger partial charge in [-0.3, -0.25) is 4.79 Å². The number of thioether (sulfide) groups is 1. The fourth-order valence-corrected chi connectivity index (χ4v) is 4.26. The number of halogens is 1. The number of piperazine rings is 1. The van der Waals surface area contributed by atoms with Crippen LogP contribution in [0.15, 0.2) is 24.3 Å². The van der Waals surface area contributed by atoms with Crippen molar-refractivity contribution in [2.24, 2.45) is 0 Å². The molecule has 4 nitrogen and oxygen atoms in total. The van der Waals surface area contributed by atoms with E-state index in [0.717, 1.165) is 17.4 Å². The lowest BCUT2D eigenvalue weighted by Gasteiger charge is -2.36. The van der Waals surface area contributed by atoms with Crippen LogP contribution in [0.5, 0.6) is 0 Å². The summed E-state index contributed by atoms with van der Waals surface area (Å²) in [5.41, 5.74) is 0.620. The van der Waals surface area contributed by atoms with E-state index in [1.807, 2.05) is 15.9 Å². The molecule has 2 saturated heterocycles. The number of amides is 1. The number of carbonyl (C=O) groups is 1. The van der Waals surface area contributed by atoms with E-state index in [0.29, 0.717) is 37.6 Å². The predicted molar refractivity (Wildman–Crippen MR) is 101 cm³/mol. The molecule has 0 radical (unpaired) electrons. The largest absolute Gasteiger partial charge is 0.366 e. The topological polar surface area (TPSA) is 26.8 Å². The minimum absolute atomic E-state index is 0.120. The number of thiocarbonyl (C=S) groups is 1. The van der Waals surface area contributed by atoms with E-state index in [1.54, 1.807) is 12.1 Å². The zero-order valence-electron chi connectivity index (χ0n) is 13.6. The summed E-state index contributed by atoms with van der Waals surface area (Å²) in [7, 11) is 0. The SMILES string of the molecule is O=C(CSC(=S)N1CCCC1)N1CCN(c2ccccc2F)CC1. The number of benzene rings is 1. The molecule has 24 heavy (non-hydrogen) atoms. The van der Waals surface area contributed by atoms with E-state index >= 15 is 0 Å². The Morgan fingerprint density at radius 3 is 2.38 bits per heavy atom. The van der Waals surface area contributed by atoms with Crippen LogP contribution in [-0.4, -0.2) is 65.0 Å². The number of anilines is 1. The maximum atomic E-state index is 13.8. The van der Waals surface area contributed by atoms with Gasteiger partial charge in [0.15, 0.2) is 0 Å². The zero-order chi connectivity index (χ0) is 16.9. The quantitative estimate of drug-likeness (QED) is 0.766. The van der Waals surface area contributed by atoms with E-state index in [2.05, 4.69) is 4.90 Å². The van der Waals surface area contributed by atoms with Gasteiger partial charge in [-0.15, -0.1) is 0 Å². The standard InChI is InChI=1S/C17H22FN3OS2/c18-14-5-1-2-6-15(14)19-9-11-20(12-10-19)16(22)13-24-17(23)21-7-3-4-8-21/h1-2,5-6H,3-4,7-13H2. The van der Waals surface area contributed by atoms with Crippen LogP contribution < -0.4 is 4.90 Å². The summed E-state index contributed by atoms with van der Waals surface area (Å²) in [5, 5.41) is 0. The Balaban J connectivity index is 1.45. The molecule has 2 heterocycles. The van der Waals surface area contributed by atoms with Gasteiger partial charge >= 0.3 is 0 Å². The molecule has 0 aromatic heterocycles. The monoisotopic (exact) mass is 367 g/mol. The van der Waals surface area contributed by atoms with Crippen LogP contribution in [0.2, 0.25) is 0 Å². The Kier molecular flexibility index (Phi) is 5.94. The molecular weight excluding hydrogens is 345 g/mol. The zero-order valence-corrected chi connectivity index (χ0v) is 15.3. The first-order valence-electron chi connectivity index (χ1n) is 8.34. The van der Waals surface area contributed by atoms with Crippen molar-refractivity contribution in [2.45, 2.75) is 12.8 Å². The second-order valence-electron chi connectivity index (χ2n) is 6.07. The van der Waals surface area contributed by atoms with Crippen molar-refractivity contribution in [3.8, 4) is 0 Å². The van der Waals surface area contributed by atoms with Crippen LogP contribution in [0.3, 0.4) is 0 Å². The molecule has 130 valence electrons. The van der Waals surface area contributed by atoms with Gasteiger partial charge in [-0.25, -0.2) is 4.39 Å². The molecule has 3 rings (SSSR count). The van der Waals surface area contributed by atoms with Gasteiger partial charge in [0.25, 0.3) is 0 Å². The predicted octanol–water partition coefficient (Wildman–Crippen LogP) is 2.59. The molecule has 0 spiro atoms. The summed E-state index contributed by atoms with van der Waals surface area (Å²) in [4.78, 5) is 18.4. The fraction of sp³-hybridized carbons (Fsp3) is 0.529. The molecule has 2 aliphatic rings. The van der Waals surface area contributed by atoms with Gasteiger partial charge in [-0.1, -0.05) is 36.1 Å². The summed E-state index contributed by atoms with van der Waals surface area (Å²) < 4.78 is 14.7. The third-order valence-electron chi connectivity index (χ3n) is 4.51. The van der Waals surface area contributed by atoms with Gasteiger partial charge in [0.1, 0.15) is 10.1 Å². The molecule has 0 atom stereocenters. The van der Waals surface area contributed by atoms with E-state index in [4.69, 9.17) is 12.2 Å². The molecule has 0 saturated carbocycles. The van der Waals surface area contributed by atoms with Gasteiger partial charge in [0.2, 0.25) is 5.91 Å². The van der Waals surface area contributed by atoms with Crippen LogP contribution in [0.4, 0.5) is 10.1 Å². The Bertz CT molecular complexity index is 599. The second-order valence-corrected chi connectivity index (χ2v) is 7.68. The third-order valence-corrected chi connectivity index (χ3v) is 6.02. The highest BCUT2D eigenvalue weighted by atomic mass is 32.2. The average Bonchev–Trinajstić information content (AvgIpc) is 3.15. The maximum absolute atomic E-state index is 13.8. The Hall–Kier alpha value is -1.34. The summed E-state index contributed by atoms with van der Waals surface area (Å²) in [6.45, 7) is 4.61. The molecule has 1 aromatic carbocycles. The first-order chi connectivity index (χ1) is 11.6. The normalized spacial score (nSPS) is 18.1. The van der Waals surface area contributed by atoms with Gasteiger partial charge in [-0.2, -0.15) is 0 Å². The molecule has 0 N–H and O–H groups in total. The summed E-state index contributed by atoms with van der Waals surface area (Å²) >= 11 is 6.87. The molecule has 2 fully saturated rings. The summed E-state index contributed by atoms with van der Waals surface area (Å²) in [6.07, 6.45) is 2.37. The summed E-state index contributed by atoms with van der Waals surface area (Å²) in [6, 6.07) is 6.80. The van der Waals surface area contributed by atoms with Crippen LogP contribution in [-0.2, 0) is 4.79 Å². The average molecular weight is 368 g/mol. The summed E-state index contributed by atoms with van der Waals surface area (Å²) in [5.74, 6) is 0.313. The Labute approximate surface area is 152 Å². The molecule has 1 amide bonds. The molecule has 1 aromatic rings. The van der Waals surface area contributed by atoms with Gasteiger partial charge in [-0.05, 0) is 25.0 Å². The van der Waals surface area contributed by atoms with Crippen LogP contribution >= 0.6 is 24.0 Å². The number of hydrogen-bond donors (Lipinski definition) is 0. The minimum Gasteiger partial charge on any atom is -0.366 e. The van der Waals surface area contributed by atoms with Crippen molar-refractivity contribution >= 4 is 39.9 Å². The molecule has 7 heteroatoms. The van der Waals surface area contributed by atoms with Crippen LogP contribution in [0, 0.1) is 5.82 Å².